The van der Waals surface area contributed by atoms with Gasteiger partial charge in [0.25, 0.3) is 0 Å². The highest BCUT2D eigenvalue weighted by Crippen LogP contribution is 2.35. The van der Waals surface area contributed by atoms with Crippen molar-refractivity contribution in [2.75, 3.05) is 0 Å². The quantitative estimate of drug-likeness (QED) is 0.780. The zero-order valence-electron chi connectivity index (χ0n) is 13.9. The predicted molar refractivity (Wildman–Crippen MR) is 94.0 cm³/mol. The van der Waals surface area contributed by atoms with E-state index in [4.69, 9.17) is 27.9 Å². The summed E-state index contributed by atoms with van der Waals surface area (Å²) in [5, 5.41) is 6.30. The van der Waals surface area contributed by atoms with Crippen molar-refractivity contribution in [1.82, 2.24) is 10.6 Å². The van der Waals surface area contributed by atoms with Crippen LogP contribution in [-0.2, 0) is 9.53 Å². The number of hydrogen-bond donors (Lipinski definition) is 2. The van der Waals surface area contributed by atoms with Crippen LogP contribution in [-0.4, -0.2) is 18.1 Å². The van der Waals surface area contributed by atoms with Crippen LogP contribution >= 0.6 is 23.2 Å². The van der Waals surface area contributed by atoms with Gasteiger partial charge in [-0.3, -0.25) is 0 Å². The summed E-state index contributed by atoms with van der Waals surface area (Å²) >= 11 is 12.2. The number of ether oxygens (including phenoxy) is 1. The van der Waals surface area contributed by atoms with Gasteiger partial charge in [-0.1, -0.05) is 43.1 Å². The van der Waals surface area contributed by atoms with Crippen LogP contribution in [0.3, 0.4) is 0 Å². The van der Waals surface area contributed by atoms with Gasteiger partial charge in [0, 0.05) is 15.7 Å². The molecule has 0 spiro atoms. The van der Waals surface area contributed by atoms with Crippen LogP contribution in [0.25, 0.3) is 0 Å². The number of halogens is 2. The van der Waals surface area contributed by atoms with E-state index in [1.54, 1.807) is 32.0 Å². The summed E-state index contributed by atoms with van der Waals surface area (Å²) in [6.45, 7) is 7.33. The molecule has 1 aliphatic heterocycles. The minimum Gasteiger partial charge on any atom is -0.459 e. The summed E-state index contributed by atoms with van der Waals surface area (Å²) in [6.07, 6.45) is -0.280. The molecular weight excluding hydrogens is 351 g/mol. The van der Waals surface area contributed by atoms with Gasteiger partial charge in [-0.25, -0.2) is 9.59 Å². The molecule has 1 unspecified atom stereocenters. The van der Waals surface area contributed by atoms with Gasteiger partial charge in [-0.05, 0) is 37.5 Å². The molecule has 130 valence electrons. The zero-order chi connectivity index (χ0) is 18.0. The number of urea groups is 1. The SMILES string of the molecule is CC(C)OC(=O)C1=C(C(C)C)NC(=O)NC1c1ccc(Cl)cc1Cl. The fourth-order valence-corrected chi connectivity index (χ4v) is 3.03. The summed E-state index contributed by atoms with van der Waals surface area (Å²) < 4.78 is 5.36. The van der Waals surface area contributed by atoms with Crippen molar-refractivity contribution in [1.29, 1.82) is 0 Å². The molecule has 5 nitrogen and oxygen atoms in total. The Labute approximate surface area is 151 Å². The van der Waals surface area contributed by atoms with Crippen LogP contribution < -0.4 is 10.6 Å². The van der Waals surface area contributed by atoms with Crippen molar-refractivity contribution in [3.05, 3.63) is 45.1 Å². The monoisotopic (exact) mass is 370 g/mol. The lowest BCUT2D eigenvalue weighted by atomic mass is 9.91. The maximum Gasteiger partial charge on any atom is 0.338 e. The van der Waals surface area contributed by atoms with E-state index in [0.29, 0.717) is 26.9 Å². The summed E-state index contributed by atoms with van der Waals surface area (Å²) in [7, 11) is 0. The number of esters is 1. The lowest BCUT2D eigenvalue weighted by Gasteiger charge is -2.31. The molecule has 1 heterocycles. The molecule has 0 saturated heterocycles. The van der Waals surface area contributed by atoms with E-state index >= 15 is 0 Å². The first-order valence-corrected chi connectivity index (χ1v) is 8.43. The lowest BCUT2D eigenvalue weighted by molar-refractivity contribution is -0.143. The van der Waals surface area contributed by atoms with E-state index in [0.717, 1.165) is 0 Å². The van der Waals surface area contributed by atoms with Crippen LogP contribution in [0.2, 0.25) is 10.0 Å². The van der Waals surface area contributed by atoms with E-state index in [2.05, 4.69) is 10.6 Å². The van der Waals surface area contributed by atoms with Crippen LogP contribution in [0.5, 0.6) is 0 Å². The van der Waals surface area contributed by atoms with Crippen molar-refractivity contribution < 1.29 is 14.3 Å². The lowest BCUT2D eigenvalue weighted by Crippen LogP contribution is -2.47. The fourth-order valence-electron chi connectivity index (χ4n) is 2.51. The highest BCUT2D eigenvalue weighted by atomic mass is 35.5. The summed E-state index contributed by atoms with van der Waals surface area (Å²) in [6, 6.07) is 3.84. The molecule has 1 aromatic rings. The Morgan fingerprint density at radius 2 is 1.88 bits per heavy atom. The molecule has 1 aliphatic rings. The summed E-state index contributed by atoms with van der Waals surface area (Å²) in [5.41, 5.74) is 1.47. The molecule has 2 rings (SSSR count). The third kappa shape index (κ3) is 4.02. The van der Waals surface area contributed by atoms with Gasteiger partial charge in [0.15, 0.2) is 0 Å². The van der Waals surface area contributed by atoms with Crippen molar-refractivity contribution in [3.8, 4) is 0 Å². The van der Waals surface area contributed by atoms with Crippen molar-refractivity contribution >= 4 is 35.2 Å². The highest BCUT2D eigenvalue weighted by Gasteiger charge is 2.36. The van der Waals surface area contributed by atoms with Crippen LogP contribution in [0.1, 0.15) is 39.3 Å². The Balaban J connectivity index is 2.59. The number of hydrogen-bond acceptors (Lipinski definition) is 3. The molecule has 0 saturated carbocycles. The second-order valence-corrected chi connectivity index (χ2v) is 6.98. The molecule has 7 heteroatoms. The van der Waals surface area contributed by atoms with Gasteiger partial charge in [0.1, 0.15) is 0 Å². The standard InChI is InChI=1S/C17H20Cl2N2O3/c1-8(2)14-13(16(22)24-9(3)4)15(21-17(23)20-14)11-6-5-10(18)7-12(11)19/h5-9,15H,1-4H3,(H2,20,21,23). The highest BCUT2D eigenvalue weighted by molar-refractivity contribution is 6.35. The molecule has 24 heavy (non-hydrogen) atoms. The minimum absolute atomic E-state index is 0.0701. The second kappa shape index (κ2) is 7.45. The number of carbonyl (C=O) groups is 2. The number of nitrogens with one attached hydrogen (secondary N) is 2. The maximum absolute atomic E-state index is 12.7. The Morgan fingerprint density at radius 1 is 1.21 bits per heavy atom. The first-order valence-electron chi connectivity index (χ1n) is 7.68. The van der Waals surface area contributed by atoms with Gasteiger partial charge in [-0.2, -0.15) is 0 Å². The number of allylic oxidation sites excluding steroid dienone is 1. The van der Waals surface area contributed by atoms with Crippen molar-refractivity contribution in [2.45, 2.75) is 39.8 Å². The molecule has 2 amide bonds. The molecule has 0 aromatic heterocycles. The fraction of sp³-hybridized carbons (Fsp3) is 0.412. The normalized spacial score (nSPS) is 17.8. The Morgan fingerprint density at radius 3 is 2.42 bits per heavy atom. The summed E-state index contributed by atoms with van der Waals surface area (Å²) in [4.78, 5) is 24.7. The maximum atomic E-state index is 12.7. The van der Waals surface area contributed by atoms with E-state index in [1.807, 2.05) is 13.8 Å². The van der Waals surface area contributed by atoms with E-state index in [1.165, 1.54) is 0 Å². The van der Waals surface area contributed by atoms with Crippen LogP contribution in [0, 0.1) is 5.92 Å². The zero-order valence-corrected chi connectivity index (χ0v) is 15.5. The molecular formula is C17H20Cl2N2O3. The molecule has 1 aromatic carbocycles. The van der Waals surface area contributed by atoms with E-state index in [9.17, 15) is 9.59 Å². The van der Waals surface area contributed by atoms with Gasteiger partial charge in [0.2, 0.25) is 0 Å². The third-order valence-electron chi connectivity index (χ3n) is 3.52. The number of carbonyl (C=O) groups excluding carboxylic acids is 2. The average Bonchev–Trinajstić information content (AvgIpc) is 2.45. The first kappa shape index (κ1) is 18.6. The second-order valence-electron chi connectivity index (χ2n) is 6.13. The molecule has 0 radical (unpaired) electrons. The first-order chi connectivity index (χ1) is 11.2. The van der Waals surface area contributed by atoms with E-state index < -0.39 is 18.0 Å². The van der Waals surface area contributed by atoms with Crippen molar-refractivity contribution in [2.24, 2.45) is 5.92 Å². The van der Waals surface area contributed by atoms with E-state index in [-0.39, 0.29) is 12.0 Å². The van der Waals surface area contributed by atoms with Gasteiger partial charge < -0.3 is 15.4 Å². The molecule has 0 bridgehead atoms. The predicted octanol–water partition coefficient (Wildman–Crippen LogP) is 4.21. The molecule has 1 atom stereocenters. The summed E-state index contributed by atoms with van der Waals surface area (Å²) in [5.74, 6) is -0.559. The Kier molecular flexibility index (Phi) is 5.78. The average molecular weight is 371 g/mol. The Bertz CT molecular complexity index is 699. The smallest absolute Gasteiger partial charge is 0.338 e. The Hall–Kier alpha value is -1.72. The topological polar surface area (TPSA) is 67.4 Å². The number of benzene rings is 1. The molecule has 2 N–H and O–H groups in total. The van der Waals surface area contributed by atoms with Crippen LogP contribution in [0.4, 0.5) is 4.79 Å². The van der Waals surface area contributed by atoms with Crippen molar-refractivity contribution in [3.63, 3.8) is 0 Å². The minimum atomic E-state index is -0.702. The number of rotatable bonds is 4. The molecule has 0 fully saturated rings. The largest absolute Gasteiger partial charge is 0.459 e. The van der Waals surface area contributed by atoms with Gasteiger partial charge in [-0.15, -0.1) is 0 Å². The third-order valence-corrected chi connectivity index (χ3v) is 4.08. The number of amides is 2. The van der Waals surface area contributed by atoms with Crippen LogP contribution in [0.15, 0.2) is 29.5 Å². The van der Waals surface area contributed by atoms with Gasteiger partial charge in [0.05, 0.1) is 17.7 Å². The molecule has 0 aliphatic carbocycles. The van der Waals surface area contributed by atoms with Gasteiger partial charge >= 0.3 is 12.0 Å².